The molecule has 1 N–H and O–H groups in total. The number of nitrogens with zero attached hydrogens (tertiary/aromatic N) is 1. The number of benzene rings is 2. The predicted molar refractivity (Wildman–Crippen MR) is 95.9 cm³/mol. The molecule has 0 saturated heterocycles. The van der Waals surface area contributed by atoms with Gasteiger partial charge >= 0.3 is 0 Å². The zero-order valence-corrected chi connectivity index (χ0v) is 14.8. The second kappa shape index (κ2) is 6.47. The average Bonchev–Trinajstić information content (AvgIpc) is 2.98. The Morgan fingerprint density at radius 3 is 2.54 bits per heavy atom. The van der Waals surface area contributed by atoms with Crippen LogP contribution in [0.5, 0.6) is 0 Å². The first-order valence-corrected chi connectivity index (χ1v) is 9.46. The number of sulfonamides is 1. The van der Waals surface area contributed by atoms with Crippen LogP contribution in [0, 0.1) is 0 Å². The van der Waals surface area contributed by atoms with Gasteiger partial charge < -0.3 is 4.42 Å². The van der Waals surface area contributed by atoms with E-state index in [4.69, 9.17) is 27.6 Å². The fourth-order valence-electron chi connectivity index (χ4n) is 2.12. The lowest BCUT2D eigenvalue weighted by atomic mass is 10.2. The van der Waals surface area contributed by atoms with E-state index < -0.39 is 10.0 Å². The first kappa shape index (κ1) is 16.8. The first-order chi connectivity index (χ1) is 11.3. The van der Waals surface area contributed by atoms with Crippen LogP contribution in [0.1, 0.15) is 0 Å². The lowest BCUT2D eigenvalue weighted by molar-refractivity contribution is 0.589. The molecule has 0 amide bonds. The van der Waals surface area contributed by atoms with Crippen molar-refractivity contribution in [3.63, 3.8) is 0 Å². The summed E-state index contributed by atoms with van der Waals surface area (Å²) in [5.74, 6) is 0.901. The molecule has 3 rings (SSSR count). The number of halogens is 2. The molecule has 3 aromatic rings. The van der Waals surface area contributed by atoms with E-state index in [0.29, 0.717) is 32.9 Å². The third kappa shape index (κ3) is 3.90. The summed E-state index contributed by atoms with van der Waals surface area (Å²) >= 11 is 11.9. The average molecular weight is 383 g/mol. The summed E-state index contributed by atoms with van der Waals surface area (Å²) in [5, 5.41) is 0.881. The van der Waals surface area contributed by atoms with Crippen molar-refractivity contribution in [1.29, 1.82) is 0 Å². The minimum absolute atomic E-state index is 0.369. The van der Waals surface area contributed by atoms with E-state index >= 15 is 0 Å². The predicted octanol–water partition coefficient (Wildman–Crippen LogP) is 4.69. The molecule has 1 aromatic heterocycles. The van der Waals surface area contributed by atoms with E-state index in [9.17, 15) is 8.42 Å². The fraction of sp³-hybridized carbons (Fsp3) is 0.0625. The number of hydrogen-bond donors (Lipinski definition) is 1. The zero-order chi connectivity index (χ0) is 17.3. The fourth-order valence-corrected chi connectivity index (χ4v) is 2.97. The Kier molecular flexibility index (Phi) is 4.54. The Morgan fingerprint density at radius 2 is 1.83 bits per heavy atom. The van der Waals surface area contributed by atoms with Gasteiger partial charge in [0, 0.05) is 16.8 Å². The normalized spacial score (nSPS) is 11.5. The van der Waals surface area contributed by atoms with Crippen molar-refractivity contribution >= 4 is 38.9 Å². The highest BCUT2D eigenvalue weighted by atomic mass is 35.5. The third-order valence-electron chi connectivity index (χ3n) is 3.12. The van der Waals surface area contributed by atoms with Crippen molar-refractivity contribution in [3.05, 3.63) is 58.7 Å². The highest BCUT2D eigenvalue weighted by Crippen LogP contribution is 2.31. The van der Waals surface area contributed by atoms with Crippen molar-refractivity contribution < 1.29 is 12.8 Å². The zero-order valence-electron chi connectivity index (χ0n) is 12.5. The molecule has 0 atom stereocenters. The maximum Gasteiger partial charge on any atom is 0.229 e. The van der Waals surface area contributed by atoms with Gasteiger partial charge in [-0.3, -0.25) is 4.72 Å². The van der Waals surface area contributed by atoms with E-state index in [2.05, 4.69) is 9.71 Å². The molecule has 2 aromatic carbocycles. The highest BCUT2D eigenvalue weighted by Gasteiger charge is 2.11. The second-order valence-electron chi connectivity index (χ2n) is 5.11. The van der Waals surface area contributed by atoms with Crippen LogP contribution in [0.2, 0.25) is 10.0 Å². The molecule has 0 fully saturated rings. The quantitative estimate of drug-likeness (QED) is 0.710. The van der Waals surface area contributed by atoms with Gasteiger partial charge in [-0.15, -0.1) is 0 Å². The van der Waals surface area contributed by atoms with Crippen LogP contribution in [0.3, 0.4) is 0 Å². The number of nitrogens with one attached hydrogen (secondary N) is 1. The van der Waals surface area contributed by atoms with Crippen LogP contribution in [0.4, 0.5) is 5.69 Å². The summed E-state index contributed by atoms with van der Waals surface area (Å²) in [5.41, 5.74) is 1.83. The number of anilines is 1. The van der Waals surface area contributed by atoms with Crippen LogP contribution in [0.15, 0.2) is 53.1 Å². The Hall–Kier alpha value is -2.02. The summed E-state index contributed by atoms with van der Waals surface area (Å²) in [6, 6.07) is 11.9. The second-order valence-corrected chi connectivity index (χ2v) is 7.68. The number of oxazole rings is 1. The molecule has 0 unspecified atom stereocenters. The number of aromatic nitrogens is 1. The molecule has 0 aliphatic carbocycles. The molecule has 0 radical (unpaired) electrons. The molecule has 0 spiro atoms. The van der Waals surface area contributed by atoms with E-state index in [1.165, 1.54) is 0 Å². The van der Waals surface area contributed by atoms with Gasteiger partial charge in [-0.05, 0) is 36.4 Å². The van der Waals surface area contributed by atoms with E-state index in [-0.39, 0.29) is 0 Å². The monoisotopic (exact) mass is 382 g/mol. The van der Waals surface area contributed by atoms with Crippen molar-refractivity contribution in [1.82, 2.24) is 4.98 Å². The summed E-state index contributed by atoms with van der Waals surface area (Å²) in [7, 11) is -3.35. The van der Waals surface area contributed by atoms with Crippen molar-refractivity contribution in [2.45, 2.75) is 0 Å². The molecular weight excluding hydrogens is 371 g/mol. The third-order valence-corrected chi connectivity index (χ3v) is 4.47. The van der Waals surface area contributed by atoms with Gasteiger partial charge in [-0.2, -0.15) is 0 Å². The summed E-state index contributed by atoms with van der Waals surface area (Å²) < 4.78 is 30.8. The lowest BCUT2D eigenvalue weighted by Crippen LogP contribution is -2.09. The molecule has 5 nitrogen and oxygen atoms in total. The Morgan fingerprint density at radius 1 is 1.04 bits per heavy atom. The van der Waals surface area contributed by atoms with Gasteiger partial charge in [0.2, 0.25) is 15.9 Å². The van der Waals surface area contributed by atoms with Gasteiger partial charge in [-0.25, -0.2) is 13.4 Å². The van der Waals surface area contributed by atoms with Crippen LogP contribution < -0.4 is 4.72 Å². The largest absolute Gasteiger partial charge is 0.436 e. The Bertz CT molecular complexity index is 1000. The van der Waals surface area contributed by atoms with E-state index in [0.717, 1.165) is 11.8 Å². The maximum absolute atomic E-state index is 11.3. The highest BCUT2D eigenvalue weighted by molar-refractivity contribution is 7.92. The molecule has 24 heavy (non-hydrogen) atoms. The van der Waals surface area contributed by atoms with E-state index in [1.54, 1.807) is 48.7 Å². The first-order valence-electron chi connectivity index (χ1n) is 6.81. The minimum Gasteiger partial charge on any atom is -0.436 e. The van der Waals surface area contributed by atoms with E-state index in [1.807, 2.05) is 0 Å². The molecule has 0 saturated carbocycles. The number of hydrogen-bond acceptors (Lipinski definition) is 4. The smallest absolute Gasteiger partial charge is 0.229 e. The maximum atomic E-state index is 11.3. The van der Waals surface area contributed by atoms with Gasteiger partial charge in [0.25, 0.3) is 0 Å². The van der Waals surface area contributed by atoms with Crippen LogP contribution in [-0.4, -0.2) is 19.7 Å². The Labute approximate surface area is 149 Å². The van der Waals surface area contributed by atoms with Crippen molar-refractivity contribution in [3.8, 4) is 22.8 Å². The summed E-state index contributed by atoms with van der Waals surface area (Å²) in [6.45, 7) is 0. The Balaban J connectivity index is 1.93. The summed E-state index contributed by atoms with van der Waals surface area (Å²) in [4.78, 5) is 4.23. The standard InChI is InChI=1S/C16H12Cl2N2O3S/c1-24(21,22)20-12-4-2-3-11(7-12)16-19-9-15(23-16)10-5-6-13(17)14(18)8-10/h2-9,20H,1H3. The topological polar surface area (TPSA) is 72.2 Å². The van der Waals surface area contributed by atoms with Crippen molar-refractivity contribution in [2.75, 3.05) is 11.0 Å². The lowest BCUT2D eigenvalue weighted by Gasteiger charge is -2.04. The van der Waals surface area contributed by atoms with Crippen LogP contribution >= 0.6 is 23.2 Å². The molecule has 8 heteroatoms. The van der Waals surface area contributed by atoms with Gasteiger partial charge in [0.05, 0.1) is 22.5 Å². The van der Waals surface area contributed by atoms with Gasteiger partial charge in [-0.1, -0.05) is 29.3 Å². The van der Waals surface area contributed by atoms with Crippen LogP contribution in [-0.2, 0) is 10.0 Å². The summed E-state index contributed by atoms with van der Waals surface area (Å²) in [6.07, 6.45) is 2.67. The molecule has 0 aliphatic rings. The minimum atomic E-state index is -3.35. The SMILES string of the molecule is CS(=O)(=O)Nc1cccc(-c2ncc(-c3ccc(Cl)c(Cl)c3)o2)c1. The van der Waals surface area contributed by atoms with Crippen molar-refractivity contribution in [2.24, 2.45) is 0 Å². The number of rotatable bonds is 4. The molecule has 124 valence electrons. The molecular formula is C16H12Cl2N2O3S. The molecule has 1 heterocycles. The molecule has 0 aliphatic heterocycles. The van der Waals surface area contributed by atoms with Gasteiger partial charge in [0.1, 0.15) is 0 Å². The van der Waals surface area contributed by atoms with Crippen LogP contribution in [0.25, 0.3) is 22.8 Å². The molecule has 0 bridgehead atoms. The van der Waals surface area contributed by atoms with Gasteiger partial charge in [0.15, 0.2) is 5.76 Å².